The largest absolute Gasteiger partial charge is 0.497 e. The molecule has 2 aromatic carbocycles. The van der Waals surface area contributed by atoms with Gasteiger partial charge in [-0.05, 0) is 49.6 Å². The number of nitrogens with one attached hydrogen (secondary N) is 1. The molecular formula is C23H31NO5. The van der Waals surface area contributed by atoms with Crippen LogP contribution in [-0.4, -0.2) is 33.3 Å². The second kappa shape index (κ2) is 11.8. The molecule has 0 aliphatic rings. The Bertz CT molecular complexity index is 791. The molecule has 0 bridgehead atoms. The van der Waals surface area contributed by atoms with Crippen LogP contribution >= 0.6 is 0 Å². The van der Waals surface area contributed by atoms with Gasteiger partial charge in [0.2, 0.25) is 5.91 Å². The molecule has 0 heterocycles. The number of carbonyl (C=O) groups excluding carboxylic acids is 1. The van der Waals surface area contributed by atoms with Gasteiger partial charge in [-0.3, -0.25) is 4.79 Å². The molecule has 0 aromatic heterocycles. The van der Waals surface area contributed by atoms with Crippen molar-refractivity contribution < 1.29 is 23.7 Å². The molecule has 2 aromatic rings. The lowest BCUT2D eigenvalue weighted by Crippen LogP contribution is -2.13. The summed E-state index contributed by atoms with van der Waals surface area (Å²) in [6.45, 7) is 5.30. The average Bonchev–Trinajstić information content (AvgIpc) is 2.73. The normalized spacial score (nSPS) is 10.3. The summed E-state index contributed by atoms with van der Waals surface area (Å²) in [7, 11) is 3.15. The van der Waals surface area contributed by atoms with Crippen molar-refractivity contribution in [2.24, 2.45) is 0 Å². The van der Waals surface area contributed by atoms with E-state index in [0.717, 1.165) is 29.9 Å². The second-order valence-corrected chi connectivity index (χ2v) is 6.53. The Kier molecular flexibility index (Phi) is 9.15. The highest BCUT2D eigenvalue weighted by Crippen LogP contribution is 2.30. The number of carbonyl (C=O) groups is 1. The molecule has 0 saturated heterocycles. The zero-order valence-electron chi connectivity index (χ0n) is 17.7. The minimum absolute atomic E-state index is 0.0993. The second-order valence-electron chi connectivity index (χ2n) is 6.53. The number of rotatable bonds is 12. The van der Waals surface area contributed by atoms with E-state index in [0.29, 0.717) is 43.2 Å². The first kappa shape index (κ1) is 22.4. The third-order valence-corrected chi connectivity index (χ3v) is 4.38. The third-order valence-electron chi connectivity index (χ3n) is 4.38. The molecule has 0 aliphatic carbocycles. The minimum Gasteiger partial charge on any atom is -0.497 e. The van der Waals surface area contributed by atoms with Crippen LogP contribution in [0.4, 0.5) is 5.69 Å². The first-order valence-corrected chi connectivity index (χ1v) is 10.0. The van der Waals surface area contributed by atoms with Gasteiger partial charge in [-0.15, -0.1) is 0 Å². The van der Waals surface area contributed by atoms with Crippen molar-refractivity contribution in [3.8, 4) is 23.0 Å². The van der Waals surface area contributed by atoms with E-state index in [4.69, 9.17) is 18.9 Å². The summed E-state index contributed by atoms with van der Waals surface area (Å²) >= 11 is 0. The van der Waals surface area contributed by atoms with Crippen LogP contribution in [-0.2, 0) is 11.2 Å². The van der Waals surface area contributed by atoms with Crippen molar-refractivity contribution in [1.82, 2.24) is 0 Å². The minimum atomic E-state index is -0.0993. The molecule has 0 saturated carbocycles. The summed E-state index contributed by atoms with van der Waals surface area (Å²) in [4.78, 5) is 12.4. The summed E-state index contributed by atoms with van der Waals surface area (Å²) < 4.78 is 22.0. The number of benzene rings is 2. The predicted octanol–water partition coefficient (Wildman–Crippen LogP) is 4.85. The van der Waals surface area contributed by atoms with Gasteiger partial charge < -0.3 is 24.3 Å². The quantitative estimate of drug-likeness (QED) is 0.515. The zero-order chi connectivity index (χ0) is 21.1. The van der Waals surface area contributed by atoms with E-state index in [-0.39, 0.29) is 5.91 Å². The van der Waals surface area contributed by atoms with Gasteiger partial charge in [-0.1, -0.05) is 19.4 Å². The van der Waals surface area contributed by atoms with Crippen LogP contribution in [0.5, 0.6) is 23.0 Å². The molecule has 0 spiro atoms. The van der Waals surface area contributed by atoms with E-state index in [2.05, 4.69) is 12.2 Å². The van der Waals surface area contributed by atoms with Crippen molar-refractivity contribution in [1.29, 1.82) is 0 Å². The molecular weight excluding hydrogens is 370 g/mol. The van der Waals surface area contributed by atoms with E-state index < -0.39 is 0 Å². The van der Waals surface area contributed by atoms with Crippen LogP contribution in [0.25, 0.3) is 0 Å². The summed E-state index contributed by atoms with van der Waals surface area (Å²) in [5.74, 6) is 2.61. The molecule has 6 heteroatoms. The SMILES string of the molecule is CCCCOc1ccc(CCC(=O)Nc2cc(OC)ccc2OC)cc1OCC. The fourth-order valence-corrected chi connectivity index (χ4v) is 2.80. The zero-order valence-corrected chi connectivity index (χ0v) is 17.7. The molecule has 6 nitrogen and oxygen atoms in total. The first-order chi connectivity index (χ1) is 14.1. The number of hydrogen-bond acceptors (Lipinski definition) is 5. The number of methoxy groups -OCH3 is 2. The van der Waals surface area contributed by atoms with Gasteiger partial charge in [0.15, 0.2) is 11.5 Å². The number of amides is 1. The van der Waals surface area contributed by atoms with Gasteiger partial charge >= 0.3 is 0 Å². The molecule has 29 heavy (non-hydrogen) atoms. The van der Waals surface area contributed by atoms with E-state index in [1.54, 1.807) is 32.4 Å². The monoisotopic (exact) mass is 401 g/mol. The van der Waals surface area contributed by atoms with Gasteiger partial charge in [-0.25, -0.2) is 0 Å². The Morgan fingerprint density at radius 2 is 1.72 bits per heavy atom. The number of hydrogen-bond donors (Lipinski definition) is 1. The van der Waals surface area contributed by atoms with Crippen molar-refractivity contribution in [2.45, 2.75) is 39.5 Å². The fraction of sp³-hybridized carbons (Fsp3) is 0.435. The van der Waals surface area contributed by atoms with Crippen LogP contribution < -0.4 is 24.3 Å². The Morgan fingerprint density at radius 1 is 0.931 bits per heavy atom. The van der Waals surface area contributed by atoms with Crippen molar-refractivity contribution in [3.63, 3.8) is 0 Å². The lowest BCUT2D eigenvalue weighted by Gasteiger charge is -2.14. The number of ether oxygens (including phenoxy) is 4. The molecule has 0 fully saturated rings. The average molecular weight is 402 g/mol. The maximum Gasteiger partial charge on any atom is 0.224 e. The van der Waals surface area contributed by atoms with Crippen molar-refractivity contribution >= 4 is 11.6 Å². The molecule has 0 unspecified atom stereocenters. The van der Waals surface area contributed by atoms with Crippen LogP contribution in [0.3, 0.4) is 0 Å². The number of aryl methyl sites for hydroxylation is 1. The molecule has 0 atom stereocenters. The molecule has 2 rings (SSSR count). The topological polar surface area (TPSA) is 66.0 Å². The van der Waals surface area contributed by atoms with Crippen LogP contribution in [0, 0.1) is 0 Å². The maximum atomic E-state index is 12.4. The molecule has 1 amide bonds. The van der Waals surface area contributed by atoms with E-state index in [9.17, 15) is 4.79 Å². The van der Waals surface area contributed by atoms with Gasteiger partial charge in [0.05, 0.1) is 33.1 Å². The Hall–Kier alpha value is -2.89. The van der Waals surface area contributed by atoms with Crippen molar-refractivity contribution in [3.05, 3.63) is 42.0 Å². The van der Waals surface area contributed by atoms with Gasteiger partial charge in [0, 0.05) is 12.5 Å². The molecule has 0 aliphatic heterocycles. The van der Waals surface area contributed by atoms with Gasteiger partial charge in [-0.2, -0.15) is 0 Å². The third kappa shape index (κ3) is 6.89. The summed E-state index contributed by atoms with van der Waals surface area (Å²) in [6.07, 6.45) is 3.01. The molecule has 1 N–H and O–H groups in total. The van der Waals surface area contributed by atoms with Crippen molar-refractivity contribution in [2.75, 3.05) is 32.8 Å². The summed E-state index contributed by atoms with van der Waals surface area (Å²) in [5.41, 5.74) is 1.61. The maximum absolute atomic E-state index is 12.4. The lowest BCUT2D eigenvalue weighted by atomic mass is 10.1. The Labute approximate surface area is 173 Å². The Morgan fingerprint density at radius 3 is 2.41 bits per heavy atom. The predicted molar refractivity (Wildman–Crippen MR) is 115 cm³/mol. The van der Waals surface area contributed by atoms with Crippen LogP contribution in [0.15, 0.2) is 36.4 Å². The Balaban J connectivity index is 1.99. The fourth-order valence-electron chi connectivity index (χ4n) is 2.80. The van der Waals surface area contributed by atoms with Gasteiger partial charge in [0.25, 0.3) is 0 Å². The van der Waals surface area contributed by atoms with Gasteiger partial charge in [0.1, 0.15) is 11.5 Å². The van der Waals surface area contributed by atoms with E-state index in [1.807, 2.05) is 25.1 Å². The summed E-state index contributed by atoms with van der Waals surface area (Å²) in [5, 5.41) is 2.89. The molecule has 158 valence electrons. The van der Waals surface area contributed by atoms with Crippen LogP contribution in [0.2, 0.25) is 0 Å². The summed E-state index contributed by atoms with van der Waals surface area (Å²) in [6, 6.07) is 11.1. The highest BCUT2D eigenvalue weighted by molar-refractivity contribution is 5.92. The van der Waals surface area contributed by atoms with E-state index >= 15 is 0 Å². The number of anilines is 1. The van der Waals surface area contributed by atoms with E-state index in [1.165, 1.54) is 0 Å². The molecule has 0 radical (unpaired) electrons. The van der Waals surface area contributed by atoms with Crippen LogP contribution in [0.1, 0.15) is 38.7 Å². The smallest absolute Gasteiger partial charge is 0.224 e. The number of unbranched alkanes of at least 4 members (excludes halogenated alkanes) is 1. The lowest BCUT2D eigenvalue weighted by molar-refractivity contribution is -0.116. The highest BCUT2D eigenvalue weighted by atomic mass is 16.5. The standard InChI is InChI=1S/C23H31NO5/c1-5-7-14-29-21-11-8-17(15-22(21)28-6-2)9-13-23(25)24-19-16-18(26-3)10-12-20(19)27-4/h8,10-12,15-16H,5-7,9,13-14H2,1-4H3,(H,24,25). The highest BCUT2D eigenvalue weighted by Gasteiger charge is 2.11. The first-order valence-electron chi connectivity index (χ1n) is 10.0.